The van der Waals surface area contributed by atoms with E-state index in [0.717, 1.165) is 28.5 Å². The van der Waals surface area contributed by atoms with Gasteiger partial charge in [-0.1, -0.05) is 6.07 Å². The topological polar surface area (TPSA) is 36.3 Å². The van der Waals surface area contributed by atoms with Crippen molar-refractivity contribution in [3.63, 3.8) is 0 Å². The Bertz CT molecular complexity index is 1250. The highest BCUT2D eigenvalue weighted by molar-refractivity contribution is 7.80. The lowest BCUT2D eigenvalue weighted by Gasteiger charge is -2.29. The van der Waals surface area contributed by atoms with Crippen molar-refractivity contribution in [3.05, 3.63) is 108 Å². The fourth-order valence-corrected chi connectivity index (χ4v) is 4.66. The molecule has 1 fully saturated rings. The molecular formula is C26H24FN5S. The SMILES string of the molecule is CN(C)c1ccc(-n2cccc2[C@H]2[C@H](c3ccccn3)NC(=S)N2c2ccc(F)cc2)cc1. The summed E-state index contributed by atoms with van der Waals surface area (Å²) in [5.74, 6) is -0.279. The van der Waals surface area contributed by atoms with Gasteiger partial charge in [0.05, 0.1) is 11.7 Å². The van der Waals surface area contributed by atoms with E-state index in [0.29, 0.717) is 5.11 Å². The number of hydrogen-bond donors (Lipinski definition) is 1. The van der Waals surface area contributed by atoms with Crippen LogP contribution in [0.25, 0.3) is 5.69 Å². The fraction of sp³-hybridized carbons (Fsp3) is 0.154. The van der Waals surface area contributed by atoms with Gasteiger partial charge in [-0.2, -0.15) is 0 Å². The van der Waals surface area contributed by atoms with Gasteiger partial charge >= 0.3 is 0 Å². The molecular weight excluding hydrogens is 433 g/mol. The first-order valence-electron chi connectivity index (χ1n) is 10.7. The Kier molecular flexibility index (Phi) is 5.56. The van der Waals surface area contributed by atoms with Gasteiger partial charge in [0.1, 0.15) is 11.9 Å². The summed E-state index contributed by atoms with van der Waals surface area (Å²) in [5.41, 5.74) is 4.96. The highest BCUT2D eigenvalue weighted by Crippen LogP contribution is 2.42. The van der Waals surface area contributed by atoms with Crippen LogP contribution in [0.4, 0.5) is 15.8 Å². The lowest BCUT2D eigenvalue weighted by molar-refractivity contribution is 0.549. The fourth-order valence-electron chi connectivity index (χ4n) is 4.32. The maximum absolute atomic E-state index is 13.7. The van der Waals surface area contributed by atoms with E-state index in [9.17, 15) is 4.39 Å². The van der Waals surface area contributed by atoms with Crippen molar-refractivity contribution >= 4 is 28.7 Å². The van der Waals surface area contributed by atoms with E-state index < -0.39 is 0 Å². The highest BCUT2D eigenvalue weighted by Gasteiger charge is 2.42. The molecule has 2 aromatic carbocycles. The second-order valence-corrected chi connectivity index (χ2v) is 8.57. The zero-order chi connectivity index (χ0) is 22.9. The maximum Gasteiger partial charge on any atom is 0.174 e. The number of nitrogens with zero attached hydrogens (tertiary/aromatic N) is 4. The summed E-state index contributed by atoms with van der Waals surface area (Å²) in [6, 6.07) is 24.5. The molecule has 4 aromatic rings. The van der Waals surface area contributed by atoms with Gasteiger partial charge in [-0.25, -0.2) is 4.39 Å². The Morgan fingerprint density at radius 2 is 1.64 bits per heavy atom. The summed E-state index contributed by atoms with van der Waals surface area (Å²) in [6.07, 6.45) is 3.84. The van der Waals surface area contributed by atoms with Gasteiger partial charge in [0.15, 0.2) is 5.11 Å². The van der Waals surface area contributed by atoms with Crippen molar-refractivity contribution in [1.29, 1.82) is 0 Å². The van der Waals surface area contributed by atoms with Crippen LogP contribution >= 0.6 is 12.2 Å². The normalized spacial score (nSPS) is 17.8. The third-order valence-corrected chi connectivity index (χ3v) is 6.25. The largest absolute Gasteiger partial charge is 0.378 e. The quantitative estimate of drug-likeness (QED) is 0.414. The lowest BCUT2D eigenvalue weighted by atomic mass is 10.0. The molecule has 166 valence electrons. The first-order chi connectivity index (χ1) is 16.0. The van der Waals surface area contributed by atoms with Crippen molar-refractivity contribution < 1.29 is 4.39 Å². The third kappa shape index (κ3) is 3.96. The molecule has 5 nitrogen and oxygen atoms in total. The Morgan fingerprint density at radius 3 is 2.30 bits per heavy atom. The molecule has 3 heterocycles. The van der Waals surface area contributed by atoms with Gasteiger partial charge in [-0.05, 0) is 85.0 Å². The average Bonchev–Trinajstić information content (AvgIpc) is 3.44. The van der Waals surface area contributed by atoms with E-state index in [1.807, 2.05) is 43.3 Å². The summed E-state index contributed by atoms with van der Waals surface area (Å²) < 4.78 is 15.8. The van der Waals surface area contributed by atoms with E-state index in [1.165, 1.54) is 12.1 Å². The van der Waals surface area contributed by atoms with Crippen molar-refractivity contribution in [3.8, 4) is 5.69 Å². The number of aromatic nitrogens is 2. The van der Waals surface area contributed by atoms with Crippen LogP contribution in [0.2, 0.25) is 0 Å². The predicted octanol–water partition coefficient (Wildman–Crippen LogP) is 5.25. The summed E-state index contributed by atoms with van der Waals surface area (Å²) in [6.45, 7) is 0. The number of hydrogen-bond acceptors (Lipinski definition) is 3. The molecule has 7 heteroatoms. The van der Waals surface area contributed by atoms with Crippen LogP contribution in [0.1, 0.15) is 23.5 Å². The van der Waals surface area contributed by atoms with Gasteiger partial charge in [-0.15, -0.1) is 0 Å². The maximum atomic E-state index is 13.7. The van der Waals surface area contributed by atoms with Crippen LogP contribution in [-0.2, 0) is 0 Å². The van der Waals surface area contributed by atoms with Crippen molar-refractivity contribution in [2.24, 2.45) is 0 Å². The van der Waals surface area contributed by atoms with Gasteiger partial charge < -0.3 is 19.7 Å². The van der Waals surface area contributed by atoms with E-state index in [-0.39, 0.29) is 17.9 Å². The minimum Gasteiger partial charge on any atom is -0.378 e. The molecule has 0 aliphatic carbocycles. The first kappa shape index (κ1) is 21.2. The van der Waals surface area contributed by atoms with Crippen LogP contribution in [-0.4, -0.2) is 28.8 Å². The molecule has 5 rings (SSSR count). The second kappa shape index (κ2) is 8.67. The molecule has 33 heavy (non-hydrogen) atoms. The standard InChI is InChI=1S/C26H24FN5S/c1-30(2)19-12-14-20(15-13-19)31-17-5-7-23(31)25-24(22-6-3-4-16-28-22)29-26(33)32(25)21-10-8-18(27)9-11-21/h3-17,24-25H,1-2H3,(H,29,33)/t24-,25-/m0/s1. The molecule has 0 saturated carbocycles. The van der Waals surface area contributed by atoms with Crippen LogP contribution in [0.15, 0.2) is 91.3 Å². The zero-order valence-electron chi connectivity index (χ0n) is 18.4. The Labute approximate surface area is 198 Å². The molecule has 0 bridgehead atoms. The second-order valence-electron chi connectivity index (χ2n) is 8.19. The number of halogens is 1. The van der Waals surface area contributed by atoms with Gasteiger partial charge in [0.2, 0.25) is 0 Å². The molecule has 0 spiro atoms. The van der Waals surface area contributed by atoms with Crippen molar-refractivity contribution in [2.45, 2.75) is 12.1 Å². The van der Waals surface area contributed by atoms with Crippen LogP contribution in [0.3, 0.4) is 0 Å². The number of thiocarbonyl (C=S) groups is 1. The predicted molar refractivity (Wildman–Crippen MR) is 134 cm³/mol. The van der Waals surface area contributed by atoms with E-state index >= 15 is 0 Å². The van der Waals surface area contributed by atoms with Crippen molar-refractivity contribution in [2.75, 3.05) is 23.9 Å². The van der Waals surface area contributed by atoms with Crippen LogP contribution in [0.5, 0.6) is 0 Å². The molecule has 0 amide bonds. The molecule has 0 unspecified atom stereocenters. The van der Waals surface area contributed by atoms with E-state index in [1.54, 1.807) is 18.3 Å². The Morgan fingerprint density at radius 1 is 0.909 bits per heavy atom. The Hall–Kier alpha value is -3.71. The number of anilines is 2. The number of pyridine rings is 1. The zero-order valence-corrected chi connectivity index (χ0v) is 19.2. The van der Waals surface area contributed by atoms with Crippen molar-refractivity contribution in [1.82, 2.24) is 14.9 Å². The minimum absolute atomic E-state index is 0.168. The van der Waals surface area contributed by atoms with Crippen LogP contribution < -0.4 is 15.1 Å². The summed E-state index contributed by atoms with van der Waals surface area (Å²) in [5, 5.41) is 4.04. The molecule has 1 aliphatic heterocycles. The average molecular weight is 458 g/mol. The van der Waals surface area contributed by atoms with Gasteiger partial charge in [0.25, 0.3) is 0 Å². The number of rotatable bonds is 5. The molecule has 1 saturated heterocycles. The van der Waals surface area contributed by atoms with Gasteiger partial charge in [-0.3, -0.25) is 4.98 Å². The lowest BCUT2D eigenvalue weighted by Crippen LogP contribution is -2.30. The summed E-state index contributed by atoms with van der Waals surface area (Å²) in [7, 11) is 4.05. The van der Waals surface area contributed by atoms with E-state index in [4.69, 9.17) is 12.2 Å². The summed E-state index contributed by atoms with van der Waals surface area (Å²) in [4.78, 5) is 8.73. The molecule has 2 atom stereocenters. The molecule has 1 aliphatic rings. The molecule has 2 aromatic heterocycles. The highest BCUT2D eigenvalue weighted by atomic mass is 32.1. The van der Waals surface area contributed by atoms with Crippen LogP contribution in [0, 0.1) is 5.82 Å². The molecule has 0 radical (unpaired) electrons. The smallest absolute Gasteiger partial charge is 0.174 e. The number of nitrogens with one attached hydrogen (secondary N) is 1. The van der Waals surface area contributed by atoms with Gasteiger partial charge in [0, 0.05) is 49.2 Å². The van der Waals surface area contributed by atoms with E-state index in [2.05, 4.69) is 56.3 Å². The third-order valence-electron chi connectivity index (χ3n) is 5.93. The molecule has 1 N–H and O–H groups in total. The first-order valence-corrected chi connectivity index (χ1v) is 11.1. The Balaban J connectivity index is 1.63. The number of benzene rings is 2. The monoisotopic (exact) mass is 457 g/mol. The minimum atomic E-state index is -0.279. The summed E-state index contributed by atoms with van der Waals surface area (Å²) >= 11 is 5.77.